The molecule has 12 aromatic rings. The van der Waals surface area contributed by atoms with E-state index in [0.29, 0.717) is 0 Å². The molecule has 0 saturated carbocycles. The van der Waals surface area contributed by atoms with Crippen molar-refractivity contribution in [3.05, 3.63) is 170 Å². The third-order valence-corrected chi connectivity index (χ3v) is 11.0. The monoisotopic (exact) mass is 648 g/mol. The quantitative estimate of drug-likeness (QED) is 0.171. The van der Waals surface area contributed by atoms with Crippen molar-refractivity contribution >= 4 is 97.9 Å². The van der Waals surface area contributed by atoms with E-state index < -0.39 is 0 Å². The van der Waals surface area contributed by atoms with Crippen LogP contribution in [0, 0.1) is 0 Å². The van der Waals surface area contributed by atoms with Gasteiger partial charge in [-0.25, -0.2) is 0 Å². The second-order valence-corrected chi connectivity index (χ2v) is 13.6. The third kappa shape index (κ3) is 3.47. The van der Waals surface area contributed by atoms with E-state index in [1.54, 1.807) is 0 Å². The van der Waals surface area contributed by atoms with E-state index in [9.17, 15) is 0 Å². The number of para-hydroxylation sites is 4. The summed E-state index contributed by atoms with van der Waals surface area (Å²) in [6.07, 6.45) is 0. The van der Waals surface area contributed by atoms with Gasteiger partial charge >= 0.3 is 0 Å². The lowest BCUT2D eigenvalue weighted by atomic mass is 9.94. The standard InChI is InChI=1S/C48H28N2O/c1-2-14-29(15-3-1)49-40-23-11-8-20-36(40)43-44-38-22-10-13-25-42(38)51-48(44)45-37-21-9-12-24-41(37)50(47(45)46(43)49)30-26-27-35-33-18-5-4-16-31(33)32-17-6-7-19-34(32)39(35)28-30/h1-28H. The van der Waals surface area contributed by atoms with Gasteiger partial charge in [-0.15, -0.1) is 0 Å². The van der Waals surface area contributed by atoms with Crippen molar-refractivity contribution in [3.63, 3.8) is 0 Å². The molecule has 9 aromatic carbocycles. The summed E-state index contributed by atoms with van der Waals surface area (Å²) >= 11 is 0. The Labute approximate surface area is 291 Å². The first-order valence-electron chi connectivity index (χ1n) is 17.5. The molecular formula is C48H28N2O. The van der Waals surface area contributed by atoms with E-state index in [0.717, 1.165) is 49.7 Å². The fourth-order valence-corrected chi connectivity index (χ4v) is 9.03. The molecule has 0 atom stereocenters. The van der Waals surface area contributed by atoms with Crippen molar-refractivity contribution in [2.45, 2.75) is 0 Å². The van der Waals surface area contributed by atoms with Crippen LogP contribution in [-0.2, 0) is 0 Å². The SMILES string of the molecule is c1ccc(-n2c3ccccc3c3c4c5ccccc5oc4c4c5ccccc5n(-c5ccc6c7ccccc7c7ccccc7c6c5)c4c32)cc1. The number of nitrogens with zero attached hydrogens (tertiary/aromatic N) is 2. The Morgan fingerprint density at radius 1 is 0.314 bits per heavy atom. The predicted molar refractivity (Wildman–Crippen MR) is 215 cm³/mol. The molecule has 0 amide bonds. The van der Waals surface area contributed by atoms with Crippen LogP contribution in [0.4, 0.5) is 0 Å². The van der Waals surface area contributed by atoms with Gasteiger partial charge in [0.25, 0.3) is 0 Å². The Morgan fingerprint density at radius 2 is 0.784 bits per heavy atom. The molecule has 236 valence electrons. The molecule has 3 heteroatoms. The van der Waals surface area contributed by atoms with Gasteiger partial charge < -0.3 is 13.6 Å². The highest BCUT2D eigenvalue weighted by molar-refractivity contribution is 6.39. The van der Waals surface area contributed by atoms with E-state index in [4.69, 9.17) is 4.42 Å². The summed E-state index contributed by atoms with van der Waals surface area (Å²) in [6, 6.07) is 61.6. The minimum Gasteiger partial charge on any atom is -0.455 e. The van der Waals surface area contributed by atoms with Crippen molar-refractivity contribution < 1.29 is 4.42 Å². The molecule has 0 fully saturated rings. The van der Waals surface area contributed by atoms with Gasteiger partial charge in [-0.2, -0.15) is 0 Å². The van der Waals surface area contributed by atoms with Gasteiger partial charge in [0, 0.05) is 38.3 Å². The smallest absolute Gasteiger partial charge is 0.146 e. The number of hydrogen-bond acceptors (Lipinski definition) is 1. The normalized spacial score (nSPS) is 12.3. The van der Waals surface area contributed by atoms with Crippen LogP contribution in [-0.4, -0.2) is 9.13 Å². The minimum atomic E-state index is 0.902. The van der Waals surface area contributed by atoms with Crippen LogP contribution in [0.3, 0.4) is 0 Å². The number of fused-ring (bicyclic) bond motifs is 18. The molecular weight excluding hydrogens is 621 g/mol. The first-order chi connectivity index (χ1) is 25.3. The molecule has 0 saturated heterocycles. The van der Waals surface area contributed by atoms with Crippen LogP contribution >= 0.6 is 0 Å². The molecule has 0 spiro atoms. The Hall–Kier alpha value is -6.84. The van der Waals surface area contributed by atoms with Gasteiger partial charge in [-0.05, 0) is 74.8 Å². The highest BCUT2D eigenvalue weighted by atomic mass is 16.3. The summed E-state index contributed by atoms with van der Waals surface area (Å²) in [6.45, 7) is 0. The van der Waals surface area contributed by atoms with E-state index in [1.165, 1.54) is 59.5 Å². The summed E-state index contributed by atoms with van der Waals surface area (Å²) in [7, 11) is 0. The van der Waals surface area contributed by atoms with Crippen molar-refractivity contribution in [2.75, 3.05) is 0 Å². The lowest BCUT2D eigenvalue weighted by Gasteiger charge is -2.15. The average Bonchev–Trinajstić information content (AvgIpc) is 3.86. The third-order valence-electron chi connectivity index (χ3n) is 11.0. The van der Waals surface area contributed by atoms with Crippen molar-refractivity contribution in [2.24, 2.45) is 0 Å². The zero-order chi connectivity index (χ0) is 33.2. The molecule has 12 rings (SSSR count). The molecule has 3 heterocycles. The molecule has 0 unspecified atom stereocenters. The van der Waals surface area contributed by atoms with Gasteiger partial charge in [0.05, 0.1) is 27.5 Å². The van der Waals surface area contributed by atoms with Crippen LogP contribution in [0.15, 0.2) is 174 Å². The van der Waals surface area contributed by atoms with E-state index >= 15 is 0 Å². The van der Waals surface area contributed by atoms with Crippen LogP contribution in [0.25, 0.3) is 109 Å². The van der Waals surface area contributed by atoms with Crippen LogP contribution < -0.4 is 0 Å². The minimum absolute atomic E-state index is 0.902. The number of hydrogen-bond donors (Lipinski definition) is 0. The highest BCUT2D eigenvalue weighted by Crippen LogP contribution is 2.49. The Morgan fingerprint density at radius 3 is 1.45 bits per heavy atom. The average molecular weight is 649 g/mol. The molecule has 51 heavy (non-hydrogen) atoms. The van der Waals surface area contributed by atoms with E-state index in [-0.39, 0.29) is 0 Å². The molecule has 3 aromatic heterocycles. The fraction of sp³-hybridized carbons (Fsp3) is 0. The van der Waals surface area contributed by atoms with E-state index in [1.807, 2.05) is 0 Å². The fourth-order valence-electron chi connectivity index (χ4n) is 9.03. The van der Waals surface area contributed by atoms with Crippen molar-refractivity contribution in [1.29, 1.82) is 0 Å². The summed E-state index contributed by atoms with van der Waals surface area (Å²) in [5.74, 6) is 0. The predicted octanol–water partition coefficient (Wildman–Crippen LogP) is 13.2. The number of rotatable bonds is 2. The summed E-state index contributed by atoms with van der Waals surface area (Å²) in [5.41, 5.74) is 8.72. The van der Waals surface area contributed by atoms with Gasteiger partial charge in [-0.1, -0.05) is 127 Å². The topological polar surface area (TPSA) is 23.0 Å². The van der Waals surface area contributed by atoms with Crippen LogP contribution in [0.2, 0.25) is 0 Å². The zero-order valence-corrected chi connectivity index (χ0v) is 27.5. The van der Waals surface area contributed by atoms with Gasteiger partial charge in [0.2, 0.25) is 0 Å². The molecule has 0 radical (unpaired) electrons. The van der Waals surface area contributed by atoms with Crippen LogP contribution in [0.1, 0.15) is 0 Å². The first kappa shape index (κ1) is 27.0. The van der Waals surface area contributed by atoms with Gasteiger partial charge in [0.15, 0.2) is 0 Å². The van der Waals surface area contributed by atoms with Gasteiger partial charge in [-0.3, -0.25) is 0 Å². The molecule has 0 aliphatic carbocycles. The molecule has 0 N–H and O–H groups in total. The lowest BCUT2D eigenvalue weighted by Crippen LogP contribution is -1.99. The largest absolute Gasteiger partial charge is 0.455 e. The Kier molecular flexibility index (Phi) is 5.23. The lowest BCUT2D eigenvalue weighted by molar-refractivity contribution is 0.673. The van der Waals surface area contributed by atoms with Crippen LogP contribution in [0.5, 0.6) is 0 Å². The second kappa shape index (κ2) is 9.87. The Bertz CT molecular complexity index is 3380. The molecule has 3 nitrogen and oxygen atoms in total. The summed E-state index contributed by atoms with van der Waals surface area (Å²) in [5, 5.41) is 14.6. The van der Waals surface area contributed by atoms with E-state index in [2.05, 4.69) is 179 Å². The molecule has 0 aliphatic rings. The highest BCUT2D eigenvalue weighted by Gasteiger charge is 2.27. The maximum Gasteiger partial charge on any atom is 0.146 e. The maximum atomic E-state index is 6.95. The summed E-state index contributed by atoms with van der Waals surface area (Å²) in [4.78, 5) is 0. The van der Waals surface area contributed by atoms with Crippen molar-refractivity contribution in [1.82, 2.24) is 9.13 Å². The molecule has 0 aliphatic heterocycles. The second-order valence-electron chi connectivity index (χ2n) is 13.6. The number of benzene rings is 9. The zero-order valence-electron chi connectivity index (χ0n) is 27.5. The number of furan rings is 1. The Balaban J connectivity index is 1.37. The molecule has 0 bridgehead atoms. The summed E-state index contributed by atoms with van der Waals surface area (Å²) < 4.78 is 11.9. The van der Waals surface area contributed by atoms with Crippen molar-refractivity contribution in [3.8, 4) is 11.4 Å². The van der Waals surface area contributed by atoms with Gasteiger partial charge in [0.1, 0.15) is 11.2 Å². The maximum absolute atomic E-state index is 6.95. The number of aromatic nitrogens is 2. The first-order valence-corrected chi connectivity index (χ1v) is 17.5.